The number of methoxy groups -OCH3 is 1. The molecule has 2 aromatic carbocycles. The molecule has 1 aromatic heterocycles. The van der Waals surface area contributed by atoms with Gasteiger partial charge in [0, 0.05) is 11.4 Å². The molecule has 4 nitrogen and oxygen atoms in total. The van der Waals surface area contributed by atoms with Crippen molar-refractivity contribution in [3.8, 4) is 17.0 Å². The van der Waals surface area contributed by atoms with Crippen LogP contribution < -0.4 is 9.54 Å². The van der Waals surface area contributed by atoms with E-state index in [4.69, 9.17) is 9.73 Å². The third-order valence-electron chi connectivity index (χ3n) is 4.25. The van der Waals surface area contributed by atoms with Crippen LogP contribution in [0.5, 0.6) is 5.75 Å². The van der Waals surface area contributed by atoms with E-state index in [0.717, 1.165) is 33.9 Å². The summed E-state index contributed by atoms with van der Waals surface area (Å²) in [7, 11) is 1.65. The number of aryl methyl sites for hydroxylation is 2. The van der Waals surface area contributed by atoms with Crippen molar-refractivity contribution in [2.75, 3.05) is 13.7 Å². The number of aromatic nitrogens is 1. The molecular formula is C21H25BrN2O2S. The first kappa shape index (κ1) is 21.4. The van der Waals surface area contributed by atoms with E-state index in [9.17, 15) is 5.11 Å². The van der Waals surface area contributed by atoms with Crippen LogP contribution in [0.2, 0.25) is 0 Å². The Labute approximate surface area is 174 Å². The molecule has 0 saturated heterocycles. The molecule has 3 rings (SSSR count). The van der Waals surface area contributed by atoms with Crippen molar-refractivity contribution < 1.29 is 9.84 Å². The maximum absolute atomic E-state index is 9.60. The van der Waals surface area contributed by atoms with E-state index < -0.39 is 0 Å². The number of ether oxygens (including phenoxy) is 1. The summed E-state index contributed by atoms with van der Waals surface area (Å²) in [4.78, 5) is 6.99. The van der Waals surface area contributed by atoms with Crippen LogP contribution >= 0.6 is 28.3 Å². The van der Waals surface area contributed by atoms with Crippen LogP contribution in [0, 0.1) is 6.92 Å². The van der Waals surface area contributed by atoms with Crippen LogP contribution in [0.1, 0.15) is 17.4 Å². The smallest absolute Gasteiger partial charge is 0.190 e. The lowest BCUT2D eigenvalue weighted by atomic mass is 10.1. The van der Waals surface area contributed by atoms with E-state index in [0.29, 0.717) is 6.54 Å². The molecule has 0 saturated carbocycles. The summed E-state index contributed by atoms with van der Waals surface area (Å²) in [5.41, 5.74) is 4.42. The predicted octanol–water partition coefficient (Wildman–Crippen LogP) is 4.90. The second kappa shape index (κ2) is 9.88. The van der Waals surface area contributed by atoms with Crippen molar-refractivity contribution >= 4 is 34.0 Å². The van der Waals surface area contributed by atoms with E-state index in [1.165, 1.54) is 10.4 Å². The highest BCUT2D eigenvalue weighted by Gasteiger charge is 2.14. The van der Waals surface area contributed by atoms with Gasteiger partial charge in [-0.1, -0.05) is 36.8 Å². The highest BCUT2D eigenvalue weighted by molar-refractivity contribution is 8.93. The van der Waals surface area contributed by atoms with Gasteiger partial charge in [0.1, 0.15) is 5.75 Å². The Kier molecular flexibility index (Phi) is 7.83. The molecule has 0 aliphatic carbocycles. The minimum atomic E-state index is 0. The number of benzene rings is 2. The van der Waals surface area contributed by atoms with Gasteiger partial charge in [0.2, 0.25) is 0 Å². The lowest BCUT2D eigenvalue weighted by molar-refractivity contribution is 0.275. The Bertz CT molecular complexity index is 928. The van der Waals surface area contributed by atoms with Gasteiger partial charge in [-0.25, -0.2) is 4.99 Å². The fraction of sp³-hybridized carbons (Fsp3) is 0.286. The number of thiazole rings is 1. The number of rotatable bonds is 6. The van der Waals surface area contributed by atoms with Gasteiger partial charge in [-0.05, 0) is 43.2 Å². The van der Waals surface area contributed by atoms with Crippen LogP contribution in [0.4, 0.5) is 5.69 Å². The Morgan fingerprint density at radius 3 is 2.30 bits per heavy atom. The zero-order chi connectivity index (χ0) is 18.5. The Hall–Kier alpha value is -1.89. The molecule has 0 bridgehead atoms. The summed E-state index contributed by atoms with van der Waals surface area (Å²) < 4.78 is 7.34. The summed E-state index contributed by atoms with van der Waals surface area (Å²) in [6.45, 7) is 4.84. The molecule has 0 radical (unpaired) electrons. The zero-order valence-electron chi connectivity index (χ0n) is 15.8. The number of hydrogen-bond acceptors (Lipinski definition) is 4. The SMILES string of the molecule is Br.CCc1sc(=Nc2ccc(OC)cc2)n(CCO)c1-c1ccc(C)cc1. The third kappa shape index (κ3) is 4.89. The first-order chi connectivity index (χ1) is 12.7. The monoisotopic (exact) mass is 448 g/mol. The lowest BCUT2D eigenvalue weighted by Crippen LogP contribution is -2.18. The van der Waals surface area contributed by atoms with Crippen molar-refractivity contribution in [3.05, 3.63) is 63.8 Å². The van der Waals surface area contributed by atoms with Crippen molar-refractivity contribution in [1.29, 1.82) is 0 Å². The summed E-state index contributed by atoms with van der Waals surface area (Å²) >= 11 is 1.68. The minimum Gasteiger partial charge on any atom is -0.497 e. The highest BCUT2D eigenvalue weighted by Crippen LogP contribution is 2.27. The van der Waals surface area contributed by atoms with E-state index in [1.807, 2.05) is 24.3 Å². The van der Waals surface area contributed by atoms with E-state index in [-0.39, 0.29) is 23.6 Å². The van der Waals surface area contributed by atoms with Crippen LogP contribution in [0.25, 0.3) is 11.3 Å². The number of halogens is 1. The summed E-state index contributed by atoms with van der Waals surface area (Å²) in [6.07, 6.45) is 0.928. The summed E-state index contributed by atoms with van der Waals surface area (Å²) in [5, 5.41) is 9.60. The predicted molar refractivity (Wildman–Crippen MR) is 117 cm³/mol. The third-order valence-corrected chi connectivity index (χ3v) is 5.47. The Morgan fingerprint density at radius 1 is 1.07 bits per heavy atom. The molecule has 0 amide bonds. The van der Waals surface area contributed by atoms with Crippen molar-refractivity contribution in [2.24, 2.45) is 4.99 Å². The number of aliphatic hydroxyl groups is 1. The molecule has 0 aliphatic heterocycles. The number of aliphatic hydroxyl groups excluding tert-OH is 1. The molecule has 144 valence electrons. The molecule has 0 unspecified atom stereocenters. The molecule has 1 heterocycles. The summed E-state index contributed by atoms with van der Waals surface area (Å²) in [5.74, 6) is 0.813. The molecular weight excluding hydrogens is 424 g/mol. The average molecular weight is 449 g/mol. The lowest BCUT2D eigenvalue weighted by Gasteiger charge is -2.10. The maximum atomic E-state index is 9.60. The van der Waals surface area contributed by atoms with E-state index >= 15 is 0 Å². The van der Waals surface area contributed by atoms with Crippen LogP contribution in [0.3, 0.4) is 0 Å². The first-order valence-corrected chi connectivity index (χ1v) is 9.57. The van der Waals surface area contributed by atoms with Gasteiger partial charge in [-0.15, -0.1) is 28.3 Å². The molecule has 0 aliphatic rings. The standard InChI is InChI=1S/C21H24N2O2S.BrH/c1-4-19-20(16-7-5-15(2)6-8-16)23(13-14-24)21(26-19)22-17-9-11-18(25-3)12-10-17;/h5-12,24H,4,13-14H2,1-3H3;1H. The fourth-order valence-corrected chi connectivity index (χ4v) is 4.02. The fourth-order valence-electron chi connectivity index (χ4n) is 2.89. The second-order valence-corrected chi connectivity index (χ2v) is 7.12. The Morgan fingerprint density at radius 2 is 1.74 bits per heavy atom. The van der Waals surface area contributed by atoms with Gasteiger partial charge in [0.05, 0.1) is 25.1 Å². The quantitative estimate of drug-likeness (QED) is 0.582. The average Bonchev–Trinajstić information content (AvgIpc) is 3.01. The molecule has 0 atom stereocenters. The van der Waals surface area contributed by atoms with Gasteiger partial charge < -0.3 is 14.4 Å². The van der Waals surface area contributed by atoms with Gasteiger partial charge in [0.25, 0.3) is 0 Å². The molecule has 6 heteroatoms. The van der Waals surface area contributed by atoms with E-state index in [1.54, 1.807) is 18.4 Å². The van der Waals surface area contributed by atoms with Crippen molar-refractivity contribution in [3.63, 3.8) is 0 Å². The van der Waals surface area contributed by atoms with E-state index in [2.05, 4.69) is 42.7 Å². The minimum absolute atomic E-state index is 0. The van der Waals surface area contributed by atoms with Crippen molar-refractivity contribution in [1.82, 2.24) is 4.57 Å². The highest BCUT2D eigenvalue weighted by atomic mass is 79.9. The maximum Gasteiger partial charge on any atom is 0.190 e. The van der Waals surface area contributed by atoms with Gasteiger partial charge in [0.15, 0.2) is 4.80 Å². The molecule has 0 fully saturated rings. The first-order valence-electron chi connectivity index (χ1n) is 8.75. The van der Waals surface area contributed by atoms with Crippen LogP contribution in [0.15, 0.2) is 53.5 Å². The molecule has 1 N–H and O–H groups in total. The van der Waals surface area contributed by atoms with Gasteiger partial charge in [-0.3, -0.25) is 0 Å². The largest absolute Gasteiger partial charge is 0.497 e. The van der Waals surface area contributed by atoms with Gasteiger partial charge >= 0.3 is 0 Å². The molecule has 0 spiro atoms. The van der Waals surface area contributed by atoms with Gasteiger partial charge in [-0.2, -0.15) is 0 Å². The zero-order valence-corrected chi connectivity index (χ0v) is 18.3. The van der Waals surface area contributed by atoms with Crippen LogP contribution in [-0.2, 0) is 13.0 Å². The second-order valence-electron chi connectivity index (χ2n) is 6.06. The number of nitrogens with zero attached hydrogens (tertiary/aromatic N) is 2. The number of hydrogen-bond donors (Lipinski definition) is 1. The van der Waals surface area contributed by atoms with Crippen molar-refractivity contribution in [2.45, 2.75) is 26.8 Å². The summed E-state index contributed by atoms with van der Waals surface area (Å²) in [6, 6.07) is 16.2. The van der Waals surface area contributed by atoms with Crippen LogP contribution in [-0.4, -0.2) is 23.4 Å². The molecule has 3 aromatic rings. The topological polar surface area (TPSA) is 46.8 Å². The normalized spacial score (nSPS) is 11.3. The Balaban J connectivity index is 0.00000261. The molecule has 27 heavy (non-hydrogen) atoms.